The number of H-pyrrole nitrogens is 1. The zero-order valence-corrected chi connectivity index (χ0v) is 13.5. The number of Topliss-reactive ketones (excluding diaryl/α,β-unsaturated/α-hetero) is 2. The predicted octanol–water partition coefficient (Wildman–Crippen LogP) is 3.09. The molecule has 1 atom stereocenters. The number of rotatable bonds is 3. The molecule has 0 spiro atoms. The maximum atomic E-state index is 12.8. The lowest BCUT2D eigenvalue weighted by molar-refractivity contribution is 0.0888. The van der Waals surface area contributed by atoms with E-state index >= 15 is 0 Å². The zero-order chi connectivity index (χ0) is 17.6. The molecule has 5 heteroatoms. The third kappa shape index (κ3) is 2.36. The van der Waals surface area contributed by atoms with Gasteiger partial charge in [-0.25, -0.2) is 0 Å². The summed E-state index contributed by atoms with van der Waals surface area (Å²) in [6.07, 6.45) is 0. The fourth-order valence-electron chi connectivity index (χ4n) is 3.28. The number of nitrogens with one attached hydrogen (secondary N) is 1. The Hall–Kier alpha value is -3.21. The van der Waals surface area contributed by atoms with E-state index < -0.39 is 5.92 Å². The third-order valence-corrected chi connectivity index (χ3v) is 4.43. The van der Waals surface area contributed by atoms with Crippen LogP contribution in [0.5, 0.6) is 5.75 Å². The molecule has 2 aromatic carbocycles. The molecule has 1 aliphatic carbocycles. The molecule has 0 amide bonds. The Morgan fingerprint density at radius 3 is 2.52 bits per heavy atom. The molecule has 3 aromatic rings. The van der Waals surface area contributed by atoms with Gasteiger partial charge in [-0.05, 0) is 37.3 Å². The molecule has 4 rings (SSSR count). The topological polar surface area (TPSA) is 76.2 Å². The Morgan fingerprint density at radius 1 is 0.960 bits per heavy atom. The first-order chi connectivity index (χ1) is 12.1. The summed E-state index contributed by atoms with van der Waals surface area (Å²) in [6.45, 7) is 2.32. The number of fused-ring (bicyclic) bond motifs is 2. The standard InChI is InChI=1S/C20H15NO4/c1-2-25-11-7-8-12-14(9-11)20(24)18(19(12)23)16-10-17(22)13-5-3-4-6-15(13)21-16/h3-10,18H,2H2,1H3,(H,21,22)/t18-/m0/s1. The van der Waals surface area contributed by atoms with Gasteiger partial charge in [-0.1, -0.05) is 12.1 Å². The Bertz CT molecular complexity index is 1080. The number of aromatic nitrogens is 1. The van der Waals surface area contributed by atoms with Crippen LogP contribution in [0.3, 0.4) is 0 Å². The molecular formula is C20H15NO4. The highest BCUT2D eigenvalue weighted by Gasteiger charge is 2.40. The van der Waals surface area contributed by atoms with Gasteiger partial charge in [0.2, 0.25) is 0 Å². The molecule has 0 saturated heterocycles. The summed E-state index contributed by atoms with van der Waals surface area (Å²) in [6, 6.07) is 13.3. The molecule has 0 fully saturated rings. The van der Waals surface area contributed by atoms with Crippen LogP contribution in [-0.4, -0.2) is 23.2 Å². The van der Waals surface area contributed by atoms with E-state index in [0.717, 1.165) is 0 Å². The van der Waals surface area contributed by atoms with E-state index in [0.29, 0.717) is 40.1 Å². The number of para-hydroxylation sites is 1. The van der Waals surface area contributed by atoms with Gasteiger partial charge in [0.25, 0.3) is 0 Å². The molecule has 0 bridgehead atoms. The van der Waals surface area contributed by atoms with Crippen LogP contribution in [-0.2, 0) is 0 Å². The Morgan fingerprint density at radius 2 is 1.72 bits per heavy atom. The van der Waals surface area contributed by atoms with Crippen LogP contribution in [0.1, 0.15) is 39.3 Å². The first kappa shape index (κ1) is 15.3. The minimum Gasteiger partial charge on any atom is -0.494 e. The quantitative estimate of drug-likeness (QED) is 0.747. The number of hydrogen-bond acceptors (Lipinski definition) is 4. The lowest BCUT2D eigenvalue weighted by Crippen LogP contribution is -2.17. The van der Waals surface area contributed by atoms with E-state index in [1.54, 1.807) is 42.5 Å². The zero-order valence-electron chi connectivity index (χ0n) is 13.5. The van der Waals surface area contributed by atoms with Crippen LogP contribution in [0.2, 0.25) is 0 Å². The highest BCUT2D eigenvalue weighted by molar-refractivity contribution is 6.29. The smallest absolute Gasteiger partial charge is 0.189 e. The van der Waals surface area contributed by atoms with Crippen LogP contribution >= 0.6 is 0 Å². The Kier molecular flexibility index (Phi) is 3.50. The average molecular weight is 333 g/mol. The second-order valence-electron chi connectivity index (χ2n) is 5.94. The van der Waals surface area contributed by atoms with Crippen LogP contribution in [0.15, 0.2) is 53.3 Å². The van der Waals surface area contributed by atoms with Gasteiger partial charge in [0.05, 0.1) is 6.61 Å². The molecule has 1 heterocycles. The van der Waals surface area contributed by atoms with Crippen molar-refractivity contribution >= 4 is 22.5 Å². The SMILES string of the molecule is CCOc1ccc2c(c1)C(=O)[C@@H](c1cc(=O)c3ccccc3[nH]1)C2=O. The molecular weight excluding hydrogens is 318 g/mol. The minimum atomic E-state index is -1.01. The minimum absolute atomic E-state index is 0.212. The summed E-state index contributed by atoms with van der Waals surface area (Å²) in [7, 11) is 0. The van der Waals surface area contributed by atoms with Crippen molar-refractivity contribution in [3.05, 3.63) is 75.6 Å². The van der Waals surface area contributed by atoms with Gasteiger partial charge in [-0.2, -0.15) is 0 Å². The van der Waals surface area contributed by atoms with Crippen molar-refractivity contribution in [3.63, 3.8) is 0 Å². The Labute approximate surface area is 143 Å². The number of aromatic amines is 1. The van der Waals surface area contributed by atoms with Crippen molar-refractivity contribution in [1.82, 2.24) is 4.98 Å². The summed E-state index contributed by atoms with van der Waals surface area (Å²) in [4.78, 5) is 40.9. The van der Waals surface area contributed by atoms with Crippen molar-refractivity contribution in [2.75, 3.05) is 6.61 Å². The summed E-state index contributed by atoms with van der Waals surface area (Å²) in [5.74, 6) is -1.07. The van der Waals surface area contributed by atoms with E-state index in [1.165, 1.54) is 6.07 Å². The first-order valence-electron chi connectivity index (χ1n) is 8.07. The molecule has 1 N–H and O–H groups in total. The second-order valence-corrected chi connectivity index (χ2v) is 5.94. The lowest BCUT2D eigenvalue weighted by Gasteiger charge is -2.09. The van der Waals surface area contributed by atoms with E-state index in [4.69, 9.17) is 4.74 Å². The van der Waals surface area contributed by atoms with Crippen LogP contribution in [0, 0.1) is 0 Å². The molecule has 0 unspecified atom stereocenters. The maximum Gasteiger partial charge on any atom is 0.189 e. The molecule has 5 nitrogen and oxygen atoms in total. The van der Waals surface area contributed by atoms with E-state index in [9.17, 15) is 14.4 Å². The predicted molar refractivity (Wildman–Crippen MR) is 93.6 cm³/mol. The molecule has 1 aromatic heterocycles. The van der Waals surface area contributed by atoms with Gasteiger partial charge in [0.15, 0.2) is 17.0 Å². The third-order valence-electron chi connectivity index (χ3n) is 4.43. The molecule has 124 valence electrons. The molecule has 0 saturated carbocycles. The van der Waals surface area contributed by atoms with E-state index in [1.807, 2.05) is 6.92 Å². The maximum absolute atomic E-state index is 12.8. The van der Waals surface area contributed by atoms with Crippen molar-refractivity contribution in [3.8, 4) is 5.75 Å². The number of carbonyl (C=O) groups is 2. The molecule has 0 aliphatic heterocycles. The van der Waals surface area contributed by atoms with Crippen LogP contribution in [0.4, 0.5) is 0 Å². The van der Waals surface area contributed by atoms with E-state index in [2.05, 4.69) is 4.98 Å². The number of carbonyl (C=O) groups excluding carboxylic acids is 2. The summed E-state index contributed by atoms with van der Waals surface area (Å²) in [5, 5.41) is 0.528. The fraction of sp³-hybridized carbons (Fsp3) is 0.150. The number of ether oxygens (including phenoxy) is 1. The van der Waals surface area contributed by atoms with Gasteiger partial charge in [0.1, 0.15) is 11.7 Å². The van der Waals surface area contributed by atoms with Crippen molar-refractivity contribution < 1.29 is 14.3 Å². The normalized spacial score (nSPS) is 16.3. The number of benzene rings is 2. The van der Waals surface area contributed by atoms with Crippen molar-refractivity contribution in [2.45, 2.75) is 12.8 Å². The summed E-state index contributed by atoms with van der Waals surface area (Å²) in [5.41, 5.74) is 1.43. The highest BCUT2D eigenvalue weighted by Crippen LogP contribution is 2.35. The largest absolute Gasteiger partial charge is 0.494 e. The fourth-order valence-corrected chi connectivity index (χ4v) is 3.28. The lowest BCUT2D eigenvalue weighted by atomic mass is 9.98. The van der Waals surface area contributed by atoms with Crippen LogP contribution < -0.4 is 10.2 Å². The highest BCUT2D eigenvalue weighted by atomic mass is 16.5. The van der Waals surface area contributed by atoms with E-state index in [-0.39, 0.29) is 17.0 Å². The van der Waals surface area contributed by atoms with Crippen molar-refractivity contribution in [2.24, 2.45) is 0 Å². The number of ketones is 2. The average Bonchev–Trinajstić information content (AvgIpc) is 2.86. The molecule has 0 radical (unpaired) electrons. The van der Waals surface area contributed by atoms with Gasteiger partial charge < -0.3 is 9.72 Å². The van der Waals surface area contributed by atoms with Crippen LogP contribution in [0.25, 0.3) is 10.9 Å². The monoisotopic (exact) mass is 333 g/mol. The van der Waals surface area contributed by atoms with Crippen molar-refractivity contribution in [1.29, 1.82) is 0 Å². The molecule has 1 aliphatic rings. The van der Waals surface area contributed by atoms with Gasteiger partial charge >= 0.3 is 0 Å². The van der Waals surface area contributed by atoms with Gasteiger partial charge in [-0.15, -0.1) is 0 Å². The summed E-state index contributed by atoms with van der Waals surface area (Å²) < 4.78 is 5.41. The first-order valence-corrected chi connectivity index (χ1v) is 8.07. The molecule has 25 heavy (non-hydrogen) atoms. The second kappa shape index (κ2) is 5.70. The summed E-state index contributed by atoms with van der Waals surface area (Å²) >= 11 is 0. The number of hydrogen-bond donors (Lipinski definition) is 1. The number of pyridine rings is 1. The van der Waals surface area contributed by atoms with Gasteiger partial charge in [-0.3, -0.25) is 14.4 Å². The Balaban J connectivity index is 1.83. The van der Waals surface area contributed by atoms with Gasteiger partial charge in [0, 0.05) is 33.8 Å².